The van der Waals surface area contributed by atoms with Crippen LogP contribution < -0.4 is 4.74 Å². The summed E-state index contributed by atoms with van der Waals surface area (Å²) in [5, 5.41) is 10.1. The molecule has 128 valence electrons. The molecule has 1 aromatic carbocycles. The van der Waals surface area contributed by atoms with Crippen molar-refractivity contribution in [1.29, 1.82) is 0 Å². The van der Waals surface area contributed by atoms with Crippen LogP contribution in [0.25, 0.3) is 5.65 Å². The zero-order valence-corrected chi connectivity index (χ0v) is 13.9. The van der Waals surface area contributed by atoms with E-state index >= 15 is 0 Å². The molecule has 0 bridgehead atoms. The highest BCUT2D eigenvalue weighted by Crippen LogP contribution is 2.34. The maximum atomic E-state index is 13.0. The summed E-state index contributed by atoms with van der Waals surface area (Å²) in [6.07, 6.45) is 3.55. The fourth-order valence-corrected chi connectivity index (χ4v) is 3.39. The molecule has 2 aromatic heterocycles. The maximum Gasteiger partial charge on any atom is 0.274 e. The van der Waals surface area contributed by atoms with Crippen LogP contribution >= 0.6 is 0 Å². The number of fused-ring (bicyclic) bond motifs is 1. The van der Waals surface area contributed by atoms with Gasteiger partial charge in [-0.05, 0) is 36.2 Å². The van der Waals surface area contributed by atoms with Crippen molar-refractivity contribution < 1.29 is 14.6 Å². The molecule has 1 aliphatic heterocycles. The van der Waals surface area contributed by atoms with Crippen molar-refractivity contribution >= 4 is 11.6 Å². The molecule has 0 radical (unpaired) electrons. The fraction of sp³-hybridized carbons (Fsp3) is 0.263. The molecule has 1 amide bonds. The number of imidazole rings is 1. The molecule has 3 heterocycles. The second kappa shape index (κ2) is 6.22. The van der Waals surface area contributed by atoms with Gasteiger partial charge in [-0.15, -0.1) is 0 Å². The number of amides is 1. The van der Waals surface area contributed by atoms with Gasteiger partial charge in [0.1, 0.15) is 17.1 Å². The average molecular weight is 337 g/mol. The topological polar surface area (TPSA) is 67.1 Å². The molecule has 4 rings (SSSR count). The Morgan fingerprint density at radius 3 is 2.96 bits per heavy atom. The van der Waals surface area contributed by atoms with Gasteiger partial charge in [0.15, 0.2) is 0 Å². The molecule has 1 N–H and O–H groups in total. The maximum absolute atomic E-state index is 13.0. The monoisotopic (exact) mass is 337 g/mol. The number of carbonyl (C=O) groups is 1. The van der Waals surface area contributed by atoms with Crippen molar-refractivity contribution in [2.45, 2.75) is 18.6 Å². The lowest BCUT2D eigenvalue weighted by Crippen LogP contribution is -2.32. The zero-order chi connectivity index (χ0) is 17.4. The van der Waals surface area contributed by atoms with Crippen LogP contribution in [0.2, 0.25) is 0 Å². The van der Waals surface area contributed by atoms with Crippen LogP contribution in [0.4, 0.5) is 0 Å². The van der Waals surface area contributed by atoms with Gasteiger partial charge in [-0.25, -0.2) is 4.98 Å². The largest absolute Gasteiger partial charge is 0.497 e. The Kier molecular flexibility index (Phi) is 3.89. The number of β-amino-alcohol motifs (C(OH)–C–C–N with tert-alkyl or cyclic N) is 1. The highest BCUT2D eigenvalue weighted by Gasteiger charge is 2.36. The van der Waals surface area contributed by atoms with Crippen LogP contribution in [0.15, 0.2) is 54.9 Å². The Hall–Kier alpha value is -2.86. The predicted octanol–water partition coefficient (Wildman–Crippen LogP) is 2.29. The summed E-state index contributed by atoms with van der Waals surface area (Å²) in [6, 6.07) is 13.1. The lowest BCUT2D eigenvalue weighted by molar-refractivity contribution is 0.0710. The van der Waals surface area contributed by atoms with E-state index in [1.165, 1.54) is 0 Å². The van der Waals surface area contributed by atoms with E-state index in [-0.39, 0.29) is 11.9 Å². The Morgan fingerprint density at radius 1 is 1.28 bits per heavy atom. The summed E-state index contributed by atoms with van der Waals surface area (Å²) in [6.45, 7) is 0.300. The summed E-state index contributed by atoms with van der Waals surface area (Å²) in [7, 11) is 1.61. The molecule has 0 aliphatic carbocycles. The first kappa shape index (κ1) is 15.7. The van der Waals surface area contributed by atoms with Crippen molar-refractivity contribution in [3.8, 4) is 5.75 Å². The first-order chi connectivity index (χ1) is 12.2. The van der Waals surface area contributed by atoms with E-state index in [0.29, 0.717) is 18.7 Å². The minimum absolute atomic E-state index is 0.173. The summed E-state index contributed by atoms with van der Waals surface area (Å²) in [5.41, 5.74) is 2.06. The van der Waals surface area contributed by atoms with E-state index in [1.807, 2.05) is 53.1 Å². The third kappa shape index (κ3) is 2.85. The first-order valence-electron chi connectivity index (χ1n) is 8.22. The van der Waals surface area contributed by atoms with E-state index in [4.69, 9.17) is 4.74 Å². The molecule has 3 aromatic rings. The van der Waals surface area contributed by atoms with Crippen LogP contribution in [0.3, 0.4) is 0 Å². The number of pyridine rings is 1. The van der Waals surface area contributed by atoms with Crippen LogP contribution in [-0.4, -0.2) is 45.1 Å². The second-order valence-electron chi connectivity index (χ2n) is 6.23. The van der Waals surface area contributed by atoms with Crippen LogP contribution in [0, 0.1) is 0 Å². The number of hydrogen-bond donors (Lipinski definition) is 1. The van der Waals surface area contributed by atoms with E-state index in [0.717, 1.165) is 17.0 Å². The Balaban J connectivity index is 1.67. The van der Waals surface area contributed by atoms with Gasteiger partial charge in [-0.1, -0.05) is 18.2 Å². The number of ether oxygens (including phenoxy) is 1. The van der Waals surface area contributed by atoms with Gasteiger partial charge in [0.25, 0.3) is 5.91 Å². The normalized spacial score (nSPS) is 20.2. The molecule has 1 fully saturated rings. The standard InChI is InChI=1S/C19H19N3O3/c1-25-15-6-4-5-13(9-15)17-10-14(23)11-22(17)19(24)16-12-21-8-3-2-7-18(21)20-16/h2-9,12,14,17,23H,10-11H2,1H3. The quantitative estimate of drug-likeness (QED) is 0.796. The number of carbonyl (C=O) groups excluding carboxylic acids is 1. The summed E-state index contributed by atoms with van der Waals surface area (Å²) < 4.78 is 7.10. The lowest BCUT2D eigenvalue weighted by atomic mass is 10.0. The molecule has 25 heavy (non-hydrogen) atoms. The molecule has 1 aliphatic rings. The molecular weight excluding hydrogens is 318 g/mol. The van der Waals surface area contributed by atoms with Gasteiger partial charge >= 0.3 is 0 Å². The zero-order valence-electron chi connectivity index (χ0n) is 13.9. The molecular formula is C19H19N3O3. The average Bonchev–Trinajstić information content (AvgIpc) is 3.24. The number of rotatable bonds is 3. The third-order valence-corrected chi connectivity index (χ3v) is 4.60. The molecule has 2 unspecified atom stereocenters. The number of likely N-dealkylation sites (tertiary alicyclic amines) is 1. The molecule has 1 saturated heterocycles. The number of benzene rings is 1. The van der Waals surface area contributed by atoms with Crippen LogP contribution in [0.5, 0.6) is 5.75 Å². The van der Waals surface area contributed by atoms with E-state index < -0.39 is 6.10 Å². The molecule has 0 spiro atoms. The number of aliphatic hydroxyl groups excluding tert-OH is 1. The summed E-state index contributed by atoms with van der Waals surface area (Å²) in [4.78, 5) is 19.1. The number of aliphatic hydroxyl groups is 1. The number of aromatic nitrogens is 2. The van der Waals surface area contributed by atoms with Crippen molar-refractivity contribution in [2.24, 2.45) is 0 Å². The van der Waals surface area contributed by atoms with Gasteiger partial charge in [0.05, 0.1) is 19.3 Å². The van der Waals surface area contributed by atoms with E-state index in [2.05, 4.69) is 4.98 Å². The predicted molar refractivity (Wildman–Crippen MR) is 92.6 cm³/mol. The minimum atomic E-state index is -0.544. The molecule has 2 atom stereocenters. The molecule has 6 heteroatoms. The Bertz CT molecular complexity index is 888. The second-order valence-corrected chi connectivity index (χ2v) is 6.23. The van der Waals surface area contributed by atoms with Crippen LogP contribution in [-0.2, 0) is 0 Å². The highest BCUT2D eigenvalue weighted by atomic mass is 16.5. The van der Waals surface area contributed by atoms with Gasteiger partial charge in [0, 0.05) is 18.9 Å². The van der Waals surface area contributed by atoms with Crippen molar-refractivity contribution in [1.82, 2.24) is 14.3 Å². The Morgan fingerprint density at radius 2 is 2.16 bits per heavy atom. The lowest BCUT2D eigenvalue weighted by Gasteiger charge is -2.24. The number of methoxy groups -OCH3 is 1. The van der Waals surface area contributed by atoms with Crippen molar-refractivity contribution in [2.75, 3.05) is 13.7 Å². The van der Waals surface area contributed by atoms with Crippen LogP contribution in [0.1, 0.15) is 28.5 Å². The molecule has 0 saturated carbocycles. The summed E-state index contributed by atoms with van der Waals surface area (Å²) >= 11 is 0. The third-order valence-electron chi connectivity index (χ3n) is 4.60. The van der Waals surface area contributed by atoms with Gasteiger partial charge < -0.3 is 19.1 Å². The summed E-state index contributed by atoms with van der Waals surface area (Å²) in [5.74, 6) is 0.562. The fourth-order valence-electron chi connectivity index (χ4n) is 3.39. The van der Waals surface area contributed by atoms with Gasteiger partial charge in [-0.3, -0.25) is 4.79 Å². The number of nitrogens with zero attached hydrogens (tertiary/aromatic N) is 3. The highest BCUT2D eigenvalue weighted by molar-refractivity contribution is 5.93. The molecule has 6 nitrogen and oxygen atoms in total. The first-order valence-corrected chi connectivity index (χ1v) is 8.22. The minimum Gasteiger partial charge on any atom is -0.497 e. The van der Waals surface area contributed by atoms with Crippen molar-refractivity contribution in [3.05, 3.63) is 66.1 Å². The van der Waals surface area contributed by atoms with Crippen molar-refractivity contribution in [3.63, 3.8) is 0 Å². The Labute approximate surface area is 145 Å². The van der Waals surface area contributed by atoms with E-state index in [1.54, 1.807) is 18.2 Å². The smallest absolute Gasteiger partial charge is 0.274 e. The van der Waals surface area contributed by atoms with Gasteiger partial charge in [-0.2, -0.15) is 0 Å². The SMILES string of the molecule is COc1cccc(C2CC(O)CN2C(=O)c2cn3ccccc3n2)c1. The van der Waals surface area contributed by atoms with E-state index in [9.17, 15) is 9.90 Å². The number of hydrogen-bond acceptors (Lipinski definition) is 4. The van der Waals surface area contributed by atoms with Gasteiger partial charge in [0.2, 0.25) is 0 Å².